The van der Waals surface area contributed by atoms with Gasteiger partial charge in [-0.3, -0.25) is 14.9 Å². The van der Waals surface area contributed by atoms with Crippen molar-refractivity contribution < 1.29 is 14.5 Å². The molecule has 0 bridgehead atoms. The van der Waals surface area contributed by atoms with E-state index >= 15 is 0 Å². The number of carbonyl (C=O) groups is 1. The van der Waals surface area contributed by atoms with Crippen molar-refractivity contribution in [2.45, 2.75) is 10.1 Å². The zero-order valence-electron chi connectivity index (χ0n) is 14.6. The molecule has 0 saturated heterocycles. The topological polar surface area (TPSA) is 125 Å². The highest BCUT2D eigenvalue weighted by Gasteiger charge is 2.20. The van der Waals surface area contributed by atoms with Crippen LogP contribution in [0.1, 0.15) is 10.4 Å². The Morgan fingerprint density at radius 2 is 2.11 bits per heavy atom. The summed E-state index contributed by atoms with van der Waals surface area (Å²) in [5.41, 5.74) is 0.311. The van der Waals surface area contributed by atoms with Crippen molar-refractivity contribution in [2.75, 3.05) is 12.4 Å². The summed E-state index contributed by atoms with van der Waals surface area (Å²) in [5.74, 6) is -0.0800. The van der Waals surface area contributed by atoms with E-state index in [1.54, 1.807) is 19.2 Å². The zero-order chi connectivity index (χ0) is 20.3. The second-order valence-corrected chi connectivity index (χ2v) is 6.84. The average Bonchev–Trinajstić information content (AvgIpc) is 3.06. The standard InChI is InChI=1S/C16H13ClN6O4S/c1-22-16(19-20-21-22)28-14-6-4-10(23(25)26)8-11(14)15(24)18-9-3-5-13(27-2)12(17)7-9/h3-8H,1-2H3,(H,18,24). The summed E-state index contributed by atoms with van der Waals surface area (Å²) in [4.78, 5) is 23.8. The molecular formula is C16H13ClN6O4S. The van der Waals surface area contributed by atoms with Gasteiger partial charge in [-0.05, 0) is 46.5 Å². The number of hydrogen-bond donors (Lipinski definition) is 1. The molecule has 3 aromatic rings. The number of non-ortho nitro benzene ring substituents is 1. The molecule has 0 aliphatic carbocycles. The maximum absolute atomic E-state index is 12.8. The fourth-order valence-corrected chi connectivity index (χ4v) is 3.34. The molecule has 1 N–H and O–H groups in total. The molecule has 144 valence electrons. The summed E-state index contributed by atoms with van der Waals surface area (Å²) in [6, 6.07) is 8.73. The zero-order valence-corrected chi connectivity index (χ0v) is 16.2. The van der Waals surface area contributed by atoms with Crippen molar-refractivity contribution in [1.29, 1.82) is 0 Å². The molecule has 3 rings (SSSR count). The molecule has 0 saturated carbocycles. The number of benzene rings is 2. The van der Waals surface area contributed by atoms with Gasteiger partial charge in [-0.15, -0.1) is 5.10 Å². The van der Waals surface area contributed by atoms with E-state index in [2.05, 4.69) is 20.8 Å². The van der Waals surface area contributed by atoms with Crippen LogP contribution >= 0.6 is 23.4 Å². The van der Waals surface area contributed by atoms with Crippen LogP contribution in [-0.2, 0) is 7.05 Å². The van der Waals surface area contributed by atoms with E-state index in [1.807, 2.05) is 0 Å². The van der Waals surface area contributed by atoms with Crippen molar-refractivity contribution in [3.63, 3.8) is 0 Å². The van der Waals surface area contributed by atoms with E-state index < -0.39 is 10.8 Å². The first kappa shape index (κ1) is 19.6. The van der Waals surface area contributed by atoms with Gasteiger partial charge < -0.3 is 10.1 Å². The number of aromatic nitrogens is 4. The third-order valence-electron chi connectivity index (χ3n) is 3.61. The predicted molar refractivity (Wildman–Crippen MR) is 102 cm³/mol. The molecule has 10 nitrogen and oxygen atoms in total. The van der Waals surface area contributed by atoms with E-state index in [0.717, 1.165) is 11.8 Å². The predicted octanol–water partition coefficient (Wildman–Crippen LogP) is 3.18. The Morgan fingerprint density at radius 3 is 2.71 bits per heavy atom. The molecule has 2 aromatic carbocycles. The molecule has 1 amide bonds. The van der Waals surface area contributed by atoms with E-state index in [-0.39, 0.29) is 11.3 Å². The van der Waals surface area contributed by atoms with Crippen LogP contribution < -0.4 is 10.1 Å². The minimum atomic E-state index is -0.570. The molecule has 0 unspecified atom stereocenters. The second kappa shape index (κ2) is 8.23. The summed E-state index contributed by atoms with van der Waals surface area (Å²) < 4.78 is 6.50. The first-order chi connectivity index (χ1) is 13.4. The van der Waals surface area contributed by atoms with Crippen molar-refractivity contribution in [2.24, 2.45) is 7.05 Å². The Morgan fingerprint density at radius 1 is 1.32 bits per heavy atom. The molecule has 0 aliphatic heterocycles. The van der Waals surface area contributed by atoms with E-state index in [4.69, 9.17) is 16.3 Å². The molecule has 0 fully saturated rings. The second-order valence-electron chi connectivity index (χ2n) is 5.43. The largest absolute Gasteiger partial charge is 0.495 e. The summed E-state index contributed by atoms with van der Waals surface area (Å²) in [5, 5.41) is 25.7. The number of nitrogens with zero attached hydrogens (tertiary/aromatic N) is 5. The van der Waals surface area contributed by atoms with Gasteiger partial charge in [-0.1, -0.05) is 11.6 Å². The van der Waals surface area contributed by atoms with Crippen LogP contribution in [-0.4, -0.2) is 38.1 Å². The lowest BCUT2D eigenvalue weighted by Gasteiger charge is -2.11. The lowest BCUT2D eigenvalue weighted by Crippen LogP contribution is -2.13. The van der Waals surface area contributed by atoms with Crippen LogP contribution in [0.5, 0.6) is 5.75 Å². The van der Waals surface area contributed by atoms with E-state index in [0.29, 0.717) is 26.5 Å². The number of halogens is 1. The number of carbonyl (C=O) groups excluding carboxylic acids is 1. The fourth-order valence-electron chi connectivity index (χ4n) is 2.25. The minimum Gasteiger partial charge on any atom is -0.495 e. The van der Waals surface area contributed by atoms with Crippen LogP contribution in [0.25, 0.3) is 0 Å². The molecule has 0 aliphatic rings. The monoisotopic (exact) mass is 420 g/mol. The van der Waals surface area contributed by atoms with Gasteiger partial charge in [0.15, 0.2) is 0 Å². The number of hydrogen-bond acceptors (Lipinski definition) is 8. The number of methoxy groups -OCH3 is 1. The lowest BCUT2D eigenvalue weighted by atomic mass is 10.2. The third-order valence-corrected chi connectivity index (χ3v) is 5.01. The van der Waals surface area contributed by atoms with Crippen LogP contribution in [0.4, 0.5) is 11.4 Å². The molecule has 12 heteroatoms. The first-order valence-corrected chi connectivity index (χ1v) is 8.92. The quantitative estimate of drug-likeness (QED) is 0.476. The smallest absolute Gasteiger partial charge is 0.270 e. The Kier molecular flexibility index (Phi) is 5.76. The van der Waals surface area contributed by atoms with Crippen LogP contribution in [0, 0.1) is 10.1 Å². The van der Waals surface area contributed by atoms with E-state index in [1.165, 1.54) is 36.1 Å². The molecule has 0 radical (unpaired) electrons. The summed E-state index contributed by atoms with van der Waals surface area (Å²) >= 11 is 7.19. The van der Waals surface area contributed by atoms with Gasteiger partial charge in [0.1, 0.15) is 5.75 Å². The number of ether oxygens (including phenoxy) is 1. The number of anilines is 1. The van der Waals surface area contributed by atoms with Crippen molar-refractivity contribution in [3.05, 3.63) is 57.1 Å². The molecule has 1 aromatic heterocycles. The average molecular weight is 421 g/mol. The highest BCUT2D eigenvalue weighted by atomic mass is 35.5. The number of nitrogens with one attached hydrogen (secondary N) is 1. The number of nitro groups is 1. The maximum atomic E-state index is 12.8. The van der Waals surface area contributed by atoms with Crippen molar-refractivity contribution in [1.82, 2.24) is 20.2 Å². The summed E-state index contributed by atoms with van der Waals surface area (Å²) in [6.45, 7) is 0. The molecular weight excluding hydrogens is 408 g/mol. The molecule has 0 atom stereocenters. The third kappa shape index (κ3) is 4.21. The van der Waals surface area contributed by atoms with Crippen molar-refractivity contribution in [3.8, 4) is 5.75 Å². The Bertz CT molecular complexity index is 1060. The number of amides is 1. The summed E-state index contributed by atoms with van der Waals surface area (Å²) in [6.07, 6.45) is 0. The highest BCUT2D eigenvalue weighted by Crippen LogP contribution is 2.32. The van der Waals surface area contributed by atoms with Gasteiger partial charge in [0, 0.05) is 29.8 Å². The fraction of sp³-hybridized carbons (Fsp3) is 0.125. The molecule has 1 heterocycles. The van der Waals surface area contributed by atoms with Gasteiger partial charge in [-0.2, -0.15) is 0 Å². The number of tetrazole rings is 1. The van der Waals surface area contributed by atoms with Gasteiger partial charge in [0.05, 0.1) is 22.6 Å². The Labute approximate surface area is 168 Å². The van der Waals surface area contributed by atoms with Gasteiger partial charge >= 0.3 is 0 Å². The number of rotatable bonds is 6. The van der Waals surface area contributed by atoms with Crippen molar-refractivity contribution >= 4 is 40.6 Å². The van der Waals surface area contributed by atoms with Crippen LogP contribution in [0.2, 0.25) is 5.02 Å². The van der Waals surface area contributed by atoms with Crippen LogP contribution in [0.15, 0.2) is 46.5 Å². The highest BCUT2D eigenvalue weighted by molar-refractivity contribution is 7.99. The summed E-state index contributed by atoms with van der Waals surface area (Å²) in [7, 11) is 3.13. The maximum Gasteiger partial charge on any atom is 0.270 e. The van der Waals surface area contributed by atoms with Crippen LogP contribution in [0.3, 0.4) is 0 Å². The van der Waals surface area contributed by atoms with Gasteiger partial charge in [0.25, 0.3) is 11.6 Å². The molecule has 0 spiro atoms. The SMILES string of the molecule is COc1ccc(NC(=O)c2cc([N+](=O)[O-])ccc2Sc2nnnn2C)cc1Cl. The number of nitro benzene ring substituents is 1. The van der Waals surface area contributed by atoms with Gasteiger partial charge in [0.2, 0.25) is 5.16 Å². The normalized spacial score (nSPS) is 10.5. The lowest BCUT2D eigenvalue weighted by molar-refractivity contribution is -0.384. The minimum absolute atomic E-state index is 0.106. The van der Waals surface area contributed by atoms with E-state index in [9.17, 15) is 14.9 Å². The number of aryl methyl sites for hydroxylation is 1. The van der Waals surface area contributed by atoms with Gasteiger partial charge in [-0.25, -0.2) is 4.68 Å². The Balaban J connectivity index is 1.94. The first-order valence-electron chi connectivity index (χ1n) is 7.72. The Hall–Kier alpha value is -3.18. The molecule has 28 heavy (non-hydrogen) atoms.